The predicted octanol–water partition coefficient (Wildman–Crippen LogP) is 16.5. The van der Waals surface area contributed by atoms with Crippen molar-refractivity contribution in [3.05, 3.63) is 34.4 Å². The molecule has 1 aromatic carbocycles. The van der Waals surface area contributed by atoms with E-state index >= 15 is 0 Å². The zero-order valence-electron chi connectivity index (χ0n) is 61.9. The molecule has 568 valence electrons. The van der Waals surface area contributed by atoms with Gasteiger partial charge in [-0.1, -0.05) is 112 Å². The number of amides is 3. The van der Waals surface area contributed by atoms with Gasteiger partial charge in [-0.3, -0.25) is 10.1 Å². The third-order valence-corrected chi connectivity index (χ3v) is 33.0. The maximum atomic E-state index is 12.9. The molecule has 15 aliphatic rings. The van der Waals surface area contributed by atoms with Crippen LogP contribution in [0.5, 0.6) is 5.75 Å². The Kier molecular flexibility index (Phi) is 20.1. The number of rotatable bonds is 9. The maximum absolute atomic E-state index is 12.9. The van der Waals surface area contributed by atoms with Gasteiger partial charge in [-0.25, -0.2) is 19.2 Å². The van der Waals surface area contributed by atoms with Gasteiger partial charge >= 0.3 is 23.7 Å². The zero-order valence-corrected chi connectivity index (χ0v) is 62.7. The summed E-state index contributed by atoms with van der Waals surface area (Å²) in [5.74, 6) is 3.94. The first-order valence-corrected chi connectivity index (χ1v) is 39.3. The monoisotopic (exact) mass is 1430 g/mol. The Morgan fingerprint density at radius 3 is 1.33 bits per heavy atom. The number of halogens is 1. The van der Waals surface area contributed by atoms with Crippen molar-refractivity contribution < 1.29 is 67.8 Å². The number of nitro benzene ring substituents is 1. The number of carbonyl (C=O) groups excluding carboxylic acids is 4. The summed E-state index contributed by atoms with van der Waals surface area (Å²) in [6.45, 7) is 37.3. The molecule has 10 saturated carbocycles. The van der Waals surface area contributed by atoms with Crippen molar-refractivity contribution >= 4 is 41.0 Å². The van der Waals surface area contributed by atoms with E-state index in [9.17, 15) is 44.6 Å². The van der Waals surface area contributed by atoms with Crippen molar-refractivity contribution in [1.82, 2.24) is 14.7 Å². The molecule has 5 saturated heterocycles. The molecule has 3 amide bonds. The lowest BCUT2D eigenvalue weighted by atomic mass is 9.41. The smallest absolute Gasteiger partial charge is 0.410 e. The van der Waals surface area contributed by atoms with Gasteiger partial charge in [0.25, 0.3) is 5.69 Å². The number of nitrogens with zero attached hydrogens (tertiary/aromatic N) is 4. The van der Waals surface area contributed by atoms with E-state index in [-0.39, 0.29) is 143 Å². The summed E-state index contributed by atoms with van der Waals surface area (Å²) in [6.07, 6.45) is 17.8. The first-order valence-electron chi connectivity index (χ1n) is 38.9. The van der Waals surface area contributed by atoms with Gasteiger partial charge in [0.15, 0.2) is 0 Å². The Bertz CT molecular complexity index is 3290. The van der Waals surface area contributed by atoms with Crippen LogP contribution in [-0.2, 0) is 23.7 Å². The number of nitro groups is 1. The van der Waals surface area contributed by atoms with Gasteiger partial charge in [0, 0.05) is 79.2 Å². The molecule has 26 atom stereocenters. The lowest BCUT2D eigenvalue weighted by Gasteiger charge is -2.63. The Hall–Kier alpha value is -4.01. The van der Waals surface area contributed by atoms with Gasteiger partial charge < -0.3 is 58.4 Å². The molecule has 19 nitrogen and oxygen atoms in total. The molecule has 3 N–H and O–H groups in total. The summed E-state index contributed by atoms with van der Waals surface area (Å²) < 4.78 is 36.9. The van der Waals surface area contributed by atoms with E-state index in [0.29, 0.717) is 63.6 Å². The van der Waals surface area contributed by atoms with E-state index in [2.05, 4.69) is 102 Å². The fourth-order valence-corrected chi connectivity index (χ4v) is 27.4. The summed E-state index contributed by atoms with van der Waals surface area (Å²) in [4.78, 5) is 64.0. The van der Waals surface area contributed by atoms with Crippen LogP contribution in [0.3, 0.4) is 0 Å². The van der Waals surface area contributed by atoms with Crippen LogP contribution in [-0.4, -0.2) is 159 Å². The number of likely N-dealkylation sites (tertiary alicyclic amines) is 3. The molecule has 0 aromatic heterocycles. The summed E-state index contributed by atoms with van der Waals surface area (Å²) in [6, 6.07) is 5.02. The summed E-state index contributed by atoms with van der Waals surface area (Å²) in [5.41, 5.74) is -0.326. The van der Waals surface area contributed by atoms with E-state index in [1.165, 1.54) is 56.4 Å². The molecule has 20 heteroatoms. The Labute approximate surface area is 608 Å². The molecule has 0 radical (unpaired) electrons. The van der Waals surface area contributed by atoms with Crippen LogP contribution in [0.2, 0.25) is 0 Å². The highest BCUT2D eigenvalue weighted by molar-refractivity contribution is 6.61. The van der Waals surface area contributed by atoms with E-state index in [1.807, 2.05) is 4.90 Å². The van der Waals surface area contributed by atoms with Gasteiger partial charge in [0.05, 0.1) is 47.7 Å². The normalized spacial score (nSPS) is 45.8. The molecule has 5 heterocycles. The Balaban J connectivity index is 0.000000161. The van der Waals surface area contributed by atoms with E-state index in [1.54, 1.807) is 9.80 Å². The molecular weight excluding hydrogens is 1300 g/mol. The third kappa shape index (κ3) is 11.1. The number of aliphatic hydroxyl groups excluding tert-OH is 3. The van der Waals surface area contributed by atoms with Gasteiger partial charge in [-0.15, -0.1) is 0 Å². The number of aliphatic hydroxyl groups is 3. The van der Waals surface area contributed by atoms with Crippen molar-refractivity contribution in [3.63, 3.8) is 0 Å². The SMILES string of the molecule is C.C.CC(C)[C@@H](OC(=O)N1CCC1)[C@H]1C[C@@H](C)[C@H]2[C@H](O1)[C@H](O)[C@@]1(C)[C@@H]3CC[C@H]4C(C)(C)C(O)CC[C@@]45C[C@@]35CC[C@]21C.CC(C)[C@@H](OC(=O)N1CCC1)[C@H]1C[C@@H](C)[C@H]2[C@H](O1)[C@H](O)[C@@]1(C)[C@@H]3CC[C@H]4C(C)(C)C(OC(=O)N5CCC5)CC[C@@]45C[C@@]35CC[C@]21C.O=C(Cl)Oc1ccc([N+](=O)[O-])cc1. The average Bonchev–Trinajstić information content (AvgIpc) is 1.47. The summed E-state index contributed by atoms with van der Waals surface area (Å²) >= 11 is 4.92. The topological polar surface area (TPSA) is 237 Å². The van der Waals surface area contributed by atoms with Crippen LogP contribution in [0, 0.1) is 123 Å². The minimum Gasteiger partial charge on any atom is -0.446 e. The number of ether oxygens (including phenoxy) is 6. The number of fused-ring (bicyclic) bond motifs is 8. The molecule has 16 rings (SSSR count). The van der Waals surface area contributed by atoms with Crippen molar-refractivity contribution in [1.29, 1.82) is 0 Å². The van der Waals surface area contributed by atoms with E-state index in [4.69, 9.17) is 35.3 Å². The fourth-order valence-electron chi connectivity index (χ4n) is 27.4. The number of hydrogen-bond donors (Lipinski definition) is 3. The van der Waals surface area contributed by atoms with Crippen LogP contribution in [0.4, 0.5) is 24.9 Å². The summed E-state index contributed by atoms with van der Waals surface area (Å²) in [5, 5.41) is 46.2. The highest BCUT2D eigenvalue weighted by atomic mass is 35.5. The van der Waals surface area contributed by atoms with E-state index in [0.717, 1.165) is 129 Å². The van der Waals surface area contributed by atoms with Gasteiger partial charge in [0.1, 0.15) is 24.1 Å². The van der Waals surface area contributed by atoms with Crippen molar-refractivity contribution in [3.8, 4) is 5.75 Å². The lowest BCUT2D eigenvalue weighted by molar-refractivity contribution is -0.384. The molecule has 10 aliphatic carbocycles. The van der Waals surface area contributed by atoms with Crippen molar-refractivity contribution in [2.75, 3.05) is 39.3 Å². The number of carbonyl (C=O) groups is 4. The van der Waals surface area contributed by atoms with Crippen LogP contribution in [0.25, 0.3) is 0 Å². The molecule has 0 bridgehead atoms. The van der Waals surface area contributed by atoms with Gasteiger partial charge in [-0.2, -0.15) is 0 Å². The second-order valence-corrected chi connectivity index (χ2v) is 38.1. The molecule has 5 aliphatic heterocycles. The lowest BCUT2D eigenvalue weighted by Crippen LogP contribution is -2.60. The molecule has 2 unspecified atom stereocenters. The fraction of sp³-hybridized carbons (Fsp3) is 0.877. The highest BCUT2D eigenvalue weighted by Crippen LogP contribution is 2.91. The van der Waals surface area contributed by atoms with Crippen LogP contribution < -0.4 is 4.74 Å². The second kappa shape index (κ2) is 26.4. The Morgan fingerprint density at radius 1 is 0.554 bits per heavy atom. The van der Waals surface area contributed by atoms with Crippen molar-refractivity contribution in [2.45, 2.75) is 295 Å². The minimum atomic E-state index is -0.978. The predicted molar refractivity (Wildman–Crippen MR) is 386 cm³/mol. The standard InChI is InChI=1S/C38H60N2O6.C34H55NO5.C7H4ClNO4.2CH4/c1-22(2)29(46-33(43)40-18-9-19-40)24-20-23(3)28-30(44-24)31(41)36(7)26-11-10-25-34(4,5)27(45-32(42)39-16-8-17-39)12-13-37(25)21-38(26,37)15-14-35(28,36)6;1-19(2)26(40-29(38)35-15-8-16-35)21-17-20(3)25-27(39-21)28(37)32(7)23-10-9-22-30(4,5)24(36)11-12-33(22)18-34(23,33)14-13-31(25,32)6;8-7(10)13-6-3-1-5(2-4-6)9(11)12;;/h22-31,41H,8-21H2,1-7H3;19-28,36-37H,8-18H2,1-7H3;1-4H;2*1H4/t23-,24-,25+,26+,27?,28+,29-,30+,31+,35-,36-,37-,38+;20-,21-,22+,23+,24?,25+,26-,27+,28+,31-,32-,33-,34+;;;/m11.../s1. The molecule has 15 fully saturated rings. The molecule has 1 aromatic rings. The quantitative estimate of drug-likeness (QED) is 0.0902. The summed E-state index contributed by atoms with van der Waals surface area (Å²) in [7, 11) is 0. The minimum absolute atomic E-state index is 0. The van der Waals surface area contributed by atoms with Gasteiger partial charge in [0.2, 0.25) is 0 Å². The first-order chi connectivity index (χ1) is 46.5. The zero-order chi connectivity index (χ0) is 71.1. The maximum Gasteiger partial charge on any atom is 0.410 e. The van der Waals surface area contributed by atoms with E-state index < -0.39 is 22.6 Å². The Morgan fingerprint density at radius 2 is 0.941 bits per heavy atom. The third-order valence-electron chi connectivity index (χ3n) is 32.9. The highest BCUT2D eigenvalue weighted by Gasteiger charge is 2.87. The van der Waals surface area contributed by atoms with Crippen LogP contribution in [0.1, 0.15) is 234 Å². The molecule has 4 spiro atoms. The van der Waals surface area contributed by atoms with Crippen molar-refractivity contribution in [2.24, 2.45) is 113 Å². The number of benzene rings is 1. The van der Waals surface area contributed by atoms with Crippen LogP contribution >= 0.6 is 11.6 Å². The number of non-ortho nitro benzene ring substituents is 1. The second-order valence-electron chi connectivity index (χ2n) is 37.8. The largest absolute Gasteiger partial charge is 0.446 e. The molecular formula is C81H127ClN4O15. The first kappa shape index (κ1) is 76.6. The average molecular weight is 1430 g/mol. The van der Waals surface area contributed by atoms with Gasteiger partial charge in [-0.05, 0) is 231 Å². The number of hydrogen-bond acceptors (Lipinski definition) is 15. The molecule has 101 heavy (non-hydrogen) atoms. The van der Waals surface area contributed by atoms with Crippen LogP contribution in [0.15, 0.2) is 24.3 Å².